The molecule has 1 N–H and O–H groups in total. The third-order valence-corrected chi connectivity index (χ3v) is 2.31. The number of hydrogen-bond donors (Lipinski definition) is 1. The molecular weight excluding hydrogens is 156 g/mol. The molecule has 1 unspecified atom stereocenters. The summed E-state index contributed by atoms with van der Waals surface area (Å²) in [6, 6.07) is 0. The van der Waals surface area contributed by atoms with Crippen LogP contribution >= 0.6 is 0 Å². The van der Waals surface area contributed by atoms with Gasteiger partial charge < -0.3 is 9.84 Å². The van der Waals surface area contributed by atoms with Gasteiger partial charge in [0, 0.05) is 5.92 Å². The van der Waals surface area contributed by atoms with E-state index in [0.29, 0.717) is 5.92 Å². The number of carboxylic acid groups (broad SMARTS) is 1. The van der Waals surface area contributed by atoms with Gasteiger partial charge in [-0.2, -0.15) is 0 Å². The summed E-state index contributed by atoms with van der Waals surface area (Å²) in [5, 5.41) is 8.83. The number of rotatable bonds is 5. The minimum Gasteiger partial charge on any atom is -0.481 e. The van der Waals surface area contributed by atoms with Crippen molar-refractivity contribution in [2.45, 2.75) is 26.2 Å². The SMILES string of the molecule is CCCC(CC1COC1)C(=O)O. The first-order valence-electron chi connectivity index (χ1n) is 4.54. The van der Waals surface area contributed by atoms with Crippen LogP contribution < -0.4 is 0 Å². The summed E-state index contributed by atoms with van der Waals surface area (Å²) in [5.41, 5.74) is 0. The zero-order chi connectivity index (χ0) is 8.97. The fraction of sp³-hybridized carbons (Fsp3) is 0.889. The van der Waals surface area contributed by atoms with Gasteiger partial charge in [-0.15, -0.1) is 0 Å². The summed E-state index contributed by atoms with van der Waals surface area (Å²) in [5.74, 6) is -0.301. The molecular formula is C9H16O3. The average molecular weight is 172 g/mol. The van der Waals surface area contributed by atoms with Crippen molar-refractivity contribution in [2.24, 2.45) is 11.8 Å². The molecule has 0 bridgehead atoms. The molecule has 1 atom stereocenters. The molecule has 3 heteroatoms. The van der Waals surface area contributed by atoms with E-state index in [1.54, 1.807) is 0 Å². The Morgan fingerprint density at radius 3 is 2.67 bits per heavy atom. The molecule has 0 amide bonds. The van der Waals surface area contributed by atoms with Crippen LogP contribution in [0.5, 0.6) is 0 Å². The molecule has 0 aromatic heterocycles. The Morgan fingerprint density at radius 2 is 2.33 bits per heavy atom. The smallest absolute Gasteiger partial charge is 0.306 e. The van der Waals surface area contributed by atoms with Gasteiger partial charge in [0.2, 0.25) is 0 Å². The Balaban J connectivity index is 2.26. The van der Waals surface area contributed by atoms with Crippen molar-refractivity contribution < 1.29 is 14.6 Å². The van der Waals surface area contributed by atoms with Crippen LogP contribution in [-0.4, -0.2) is 24.3 Å². The van der Waals surface area contributed by atoms with Crippen molar-refractivity contribution in [3.63, 3.8) is 0 Å². The van der Waals surface area contributed by atoms with Crippen LogP contribution in [-0.2, 0) is 9.53 Å². The van der Waals surface area contributed by atoms with Crippen LogP contribution in [0.1, 0.15) is 26.2 Å². The van der Waals surface area contributed by atoms with Crippen molar-refractivity contribution in [1.82, 2.24) is 0 Å². The van der Waals surface area contributed by atoms with Gasteiger partial charge in [0.05, 0.1) is 19.1 Å². The minimum atomic E-state index is -0.649. The molecule has 1 heterocycles. The standard InChI is InChI=1S/C9H16O3/c1-2-3-8(9(10)11)4-7-5-12-6-7/h7-8H,2-6H2,1H3,(H,10,11). The Hall–Kier alpha value is -0.570. The average Bonchev–Trinajstić information content (AvgIpc) is 1.93. The molecule has 0 spiro atoms. The van der Waals surface area contributed by atoms with Gasteiger partial charge in [0.25, 0.3) is 0 Å². The lowest BCUT2D eigenvalue weighted by atomic mass is 9.90. The van der Waals surface area contributed by atoms with E-state index in [9.17, 15) is 4.79 Å². The zero-order valence-corrected chi connectivity index (χ0v) is 7.45. The summed E-state index contributed by atoms with van der Waals surface area (Å²) in [4.78, 5) is 10.7. The monoisotopic (exact) mass is 172 g/mol. The van der Waals surface area contributed by atoms with Crippen LogP contribution in [0.25, 0.3) is 0 Å². The second-order valence-corrected chi connectivity index (χ2v) is 3.46. The van der Waals surface area contributed by atoms with Gasteiger partial charge in [-0.1, -0.05) is 13.3 Å². The third-order valence-electron chi connectivity index (χ3n) is 2.31. The van der Waals surface area contributed by atoms with Crippen LogP contribution in [0.3, 0.4) is 0 Å². The van der Waals surface area contributed by atoms with Crippen molar-refractivity contribution in [3.8, 4) is 0 Å². The van der Waals surface area contributed by atoms with Crippen molar-refractivity contribution in [2.75, 3.05) is 13.2 Å². The maximum atomic E-state index is 10.7. The molecule has 0 aromatic carbocycles. The van der Waals surface area contributed by atoms with Crippen LogP contribution in [0.15, 0.2) is 0 Å². The quantitative estimate of drug-likeness (QED) is 0.684. The Bertz CT molecular complexity index is 152. The Kier molecular flexibility index (Phi) is 3.53. The van der Waals surface area contributed by atoms with E-state index in [1.807, 2.05) is 6.92 Å². The van der Waals surface area contributed by atoms with Gasteiger partial charge in [0.1, 0.15) is 0 Å². The van der Waals surface area contributed by atoms with Gasteiger partial charge >= 0.3 is 5.97 Å². The van der Waals surface area contributed by atoms with E-state index in [0.717, 1.165) is 32.5 Å². The number of carbonyl (C=O) groups is 1. The lowest BCUT2D eigenvalue weighted by molar-refractivity contribution is -0.144. The third kappa shape index (κ3) is 2.48. The first kappa shape index (κ1) is 9.52. The summed E-state index contributed by atoms with van der Waals surface area (Å²) in [7, 11) is 0. The first-order chi connectivity index (χ1) is 5.74. The topological polar surface area (TPSA) is 46.5 Å². The van der Waals surface area contributed by atoms with Gasteiger partial charge in [-0.05, 0) is 12.8 Å². The highest BCUT2D eigenvalue weighted by atomic mass is 16.5. The molecule has 0 saturated carbocycles. The number of hydrogen-bond acceptors (Lipinski definition) is 2. The highest BCUT2D eigenvalue weighted by Crippen LogP contribution is 2.23. The van der Waals surface area contributed by atoms with E-state index in [4.69, 9.17) is 9.84 Å². The van der Waals surface area contributed by atoms with Crippen LogP contribution in [0, 0.1) is 11.8 Å². The van der Waals surface area contributed by atoms with Gasteiger partial charge in [-0.3, -0.25) is 4.79 Å². The molecule has 70 valence electrons. The second kappa shape index (κ2) is 4.45. The molecule has 1 saturated heterocycles. The minimum absolute atomic E-state index is 0.149. The van der Waals surface area contributed by atoms with Crippen molar-refractivity contribution in [1.29, 1.82) is 0 Å². The first-order valence-corrected chi connectivity index (χ1v) is 4.54. The summed E-state index contributed by atoms with van der Waals surface area (Å²) in [6.45, 7) is 3.54. The summed E-state index contributed by atoms with van der Waals surface area (Å²) < 4.78 is 5.00. The molecule has 1 aliphatic rings. The van der Waals surface area contributed by atoms with Crippen LogP contribution in [0.2, 0.25) is 0 Å². The zero-order valence-electron chi connectivity index (χ0n) is 7.45. The second-order valence-electron chi connectivity index (χ2n) is 3.46. The largest absolute Gasteiger partial charge is 0.481 e. The Labute approximate surface area is 72.7 Å². The molecule has 0 radical (unpaired) electrons. The Morgan fingerprint density at radius 1 is 1.67 bits per heavy atom. The highest BCUT2D eigenvalue weighted by Gasteiger charge is 2.26. The van der Waals surface area contributed by atoms with E-state index >= 15 is 0 Å². The maximum Gasteiger partial charge on any atom is 0.306 e. The predicted octanol–water partition coefficient (Wildman–Crippen LogP) is 1.52. The lowest BCUT2D eigenvalue weighted by Gasteiger charge is -2.28. The normalized spacial score (nSPS) is 20.1. The number of carboxylic acids is 1. The number of aliphatic carboxylic acids is 1. The fourth-order valence-corrected chi connectivity index (χ4v) is 1.51. The van der Waals surface area contributed by atoms with Crippen LogP contribution in [0.4, 0.5) is 0 Å². The number of ether oxygens (including phenoxy) is 1. The predicted molar refractivity (Wildman–Crippen MR) is 45.0 cm³/mol. The molecule has 1 aliphatic heterocycles. The van der Waals surface area contributed by atoms with E-state index in [1.165, 1.54) is 0 Å². The van der Waals surface area contributed by atoms with E-state index < -0.39 is 5.97 Å². The fourth-order valence-electron chi connectivity index (χ4n) is 1.51. The maximum absolute atomic E-state index is 10.7. The molecule has 12 heavy (non-hydrogen) atoms. The molecule has 3 nitrogen and oxygen atoms in total. The summed E-state index contributed by atoms with van der Waals surface area (Å²) >= 11 is 0. The molecule has 1 rings (SSSR count). The summed E-state index contributed by atoms with van der Waals surface area (Å²) in [6.07, 6.45) is 2.54. The van der Waals surface area contributed by atoms with E-state index in [2.05, 4.69) is 0 Å². The molecule has 0 aliphatic carbocycles. The van der Waals surface area contributed by atoms with E-state index in [-0.39, 0.29) is 5.92 Å². The van der Waals surface area contributed by atoms with Gasteiger partial charge in [0.15, 0.2) is 0 Å². The molecule has 1 fully saturated rings. The molecule has 0 aromatic rings. The van der Waals surface area contributed by atoms with Crippen molar-refractivity contribution >= 4 is 5.97 Å². The highest BCUT2D eigenvalue weighted by molar-refractivity contribution is 5.69. The van der Waals surface area contributed by atoms with Gasteiger partial charge in [-0.25, -0.2) is 0 Å². The van der Waals surface area contributed by atoms with Crippen molar-refractivity contribution in [3.05, 3.63) is 0 Å². The lowest BCUT2D eigenvalue weighted by Crippen LogP contribution is -2.31.